The van der Waals surface area contributed by atoms with Crippen LogP contribution in [-0.4, -0.2) is 71.3 Å². The average molecular weight is 621 g/mol. The zero-order valence-corrected chi connectivity index (χ0v) is 26.2. The number of methoxy groups -OCH3 is 1. The molecule has 45 heavy (non-hydrogen) atoms. The molecule has 1 aliphatic heterocycles. The third kappa shape index (κ3) is 8.25. The molecule has 1 aliphatic rings. The van der Waals surface area contributed by atoms with Crippen LogP contribution >= 0.6 is 0 Å². The Morgan fingerprint density at radius 1 is 0.956 bits per heavy atom. The van der Waals surface area contributed by atoms with Gasteiger partial charge in [0.2, 0.25) is 17.6 Å². The number of ether oxygens (including phenoxy) is 2. The van der Waals surface area contributed by atoms with Gasteiger partial charge < -0.3 is 29.4 Å². The molecule has 0 bridgehead atoms. The number of Topliss-reactive ketones (excluding diaryl/α,β-unsaturated/α-hetero) is 1. The summed E-state index contributed by atoms with van der Waals surface area (Å²) < 4.78 is 15.7. The van der Waals surface area contributed by atoms with Gasteiger partial charge in [-0.05, 0) is 47.9 Å². The van der Waals surface area contributed by atoms with Gasteiger partial charge in [0.25, 0.3) is 5.89 Å². The number of nitrogens with zero attached hydrogens (tertiary/aromatic N) is 2. The molecule has 1 aromatic heterocycles. The fraction of sp³-hybridized carbons (Fsp3) is 0.455. The molecule has 3 atom stereocenters. The minimum atomic E-state index is -0.968. The molecule has 240 valence electrons. The van der Waals surface area contributed by atoms with E-state index in [9.17, 15) is 24.0 Å². The zero-order valence-electron chi connectivity index (χ0n) is 26.2. The van der Waals surface area contributed by atoms with Gasteiger partial charge in [-0.25, -0.2) is 9.78 Å². The predicted molar refractivity (Wildman–Crippen MR) is 164 cm³/mol. The first-order valence-corrected chi connectivity index (χ1v) is 15.1. The number of nitrogens with one attached hydrogen (secondary N) is 2. The van der Waals surface area contributed by atoms with Crippen molar-refractivity contribution < 1.29 is 37.9 Å². The number of aromatic nitrogens is 1. The second kappa shape index (κ2) is 14.8. The van der Waals surface area contributed by atoms with E-state index in [0.717, 1.165) is 5.56 Å². The number of fused-ring (bicyclic) bond motifs is 1. The Morgan fingerprint density at radius 3 is 2.33 bits per heavy atom. The van der Waals surface area contributed by atoms with E-state index in [-0.39, 0.29) is 30.8 Å². The van der Waals surface area contributed by atoms with Crippen molar-refractivity contribution in [2.45, 2.75) is 71.7 Å². The number of rotatable bonds is 12. The fourth-order valence-electron chi connectivity index (χ4n) is 5.23. The third-order valence-corrected chi connectivity index (χ3v) is 7.74. The molecular formula is C33H40N4O8. The molecule has 12 heteroatoms. The van der Waals surface area contributed by atoms with Gasteiger partial charge in [0.15, 0.2) is 5.58 Å². The first-order valence-electron chi connectivity index (χ1n) is 15.1. The monoisotopic (exact) mass is 620 g/mol. The highest BCUT2D eigenvalue weighted by Crippen LogP contribution is 2.23. The molecule has 2 aromatic carbocycles. The highest BCUT2D eigenvalue weighted by Gasteiger charge is 2.40. The summed E-state index contributed by atoms with van der Waals surface area (Å²) in [7, 11) is 1.30. The lowest BCUT2D eigenvalue weighted by molar-refractivity contribution is -0.141. The van der Waals surface area contributed by atoms with Crippen molar-refractivity contribution >= 4 is 40.8 Å². The summed E-state index contributed by atoms with van der Waals surface area (Å²) in [5.41, 5.74) is 2.23. The van der Waals surface area contributed by atoms with Crippen LogP contribution in [0.3, 0.4) is 0 Å². The molecule has 4 rings (SSSR count). The molecule has 12 nitrogen and oxygen atoms in total. The van der Waals surface area contributed by atoms with Crippen molar-refractivity contribution in [2.75, 3.05) is 13.7 Å². The quantitative estimate of drug-likeness (QED) is 0.227. The van der Waals surface area contributed by atoms with Crippen molar-refractivity contribution in [2.24, 2.45) is 11.8 Å². The minimum absolute atomic E-state index is 0.0475. The number of benzene rings is 2. The summed E-state index contributed by atoms with van der Waals surface area (Å²) in [4.78, 5) is 70.8. The number of alkyl carbamates (subject to hydrolysis) is 1. The number of likely N-dealkylation sites (tertiary alicyclic amines) is 1. The van der Waals surface area contributed by atoms with E-state index >= 15 is 0 Å². The van der Waals surface area contributed by atoms with E-state index in [2.05, 4.69) is 15.6 Å². The molecular weight excluding hydrogens is 580 g/mol. The van der Waals surface area contributed by atoms with Gasteiger partial charge in [0.1, 0.15) is 24.2 Å². The van der Waals surface area contributed by atoms with Crippen LogP contribution in [0.5, 0.6) is 0 Å². The lowest BCUT2D eigenvalue weighted by Gasteiger charge is -2.31. The molecule has 3 amide bonds. The summed E-state index contributed by atoms with van der Waals surface area (Å²) in [6.45, 7) is 7.57. The maximum absolute atomic E-state index is 13.7. The Kier molecular flexibility index (Phi) is 10.9. The van der Waals surface area contributed by atoms with Crippen molar-refractivity contribution in [3.8, 4) is 0 Å². The van der Waals surface area contributed by atoms with Gasteiger partial charge in [-0.2, -0.15) is 0 Å². The number of esters is 1. The smallest absolute Gasteiger partial charge is 0.408 e. The largest absolute Gasteiger partial charge is 0.469 e. The van der Waals surface area contributed by atoms with Crippen LogP contribution in [-0.2, 0) is 36.9 Å². The van der Waals surface area contributed by atoms with Gasteiger partial charge in [-0.3, -0.25) is 19.2 Å². The van der Waals surface area contributed by atoms with Crippen molar-refractivity contribution in [1.82, 2.24) is 20.5 Å². The minimum Gasteiger partial charge on any atom is -0.469 e. The maximum Gasteiger partial charge on any atom is 0.408 e. The summed E-state index contributed by atoms with van der Waals surface area (Å²) in [6, 6.07) is 11.5. The van der Waals surface area contributed by atoms with Crippen LogP contribution in [0.25, 0.3) is 11.1 Å². The second-order valence-corrected chi connectivity index (χ2v) is 11.8. The first kappa shape index (κ1) is 33.2. The molecule has 0 unspecified atom stereocenters. The number of amides is 3. The number of carbonyl (C=O) groups is 5. The Balaban J connectivity index is 1.43. The number of ketones is 1. The van der Waals surface area contributed by atoms with Gasteiger partial charge >= 0.3 is 12.1 Å². The molecule has 0 aliphatic carbocycles. The van der Waals surface area contributed by atoms with Crippen LogP contribution in [0.4, 0.5) is 4.79 Å². The first-order chi connectivity index (χ1) is 21.5. The zero-order chi connectivity index (χ0) is 32.7. The van der Waals surface area contributed by atoms with E-state index in [4.69, 9.17) is 13.9 Å². The van der Waals surface area contributed by atoms with E-state index in [1.54, 1.807) is 45.9 Å². The number of oxazole rings is 1. The summed E-state index contributed by atoms with van der Waals surface area (Å²) >= 11 is 0. The van der Waals surface area contributed by atoms with Crippen molar-refractivity contribution in [1.29, 1.82) is 0 Å². The van der Waals surface area contributed by atoms with Crippen LogP contribution in [0.15, 0.2) is 52.9 Å². The lowest BCUT2D eigenvalue weighted by Crippen LogP contribution is -2.57. The standard InChI is InChI=1S/C33H40N4O8/c1-19(2)27(29(39)31-34-23-16-22(17-26(38)43-5)13-14-25(23)45-31)35-30(40)24-12-9-15-37(24)32(41)28(20(3)4)36-33(42)44-18-21-10-7-6-8-11-21/h6-8,10-11,13-14,16,19-20,24,27-28H,9,12,15,17-18H2,1-5H3,(H,35,40)(H,36,42)/t24-,27-,28-/m0/s1. The van der Waals surface area contributed by atoms with E-state index in [0.29, 0.717) is 36.0 Å². The van der Waals surface area contributed by atoms with E-state index < -0.39 is 47.8 Å². The number of hydrogen-bond donors (Lipinski definition) is 2. The molecule has 0 radical (unpaired) electrons. The second-order valence-electron chi connectivity index (χ2n) is 11.8. The normalized spacial score (nSPS) is 16.0. The highest BCUT2D eigenvalue weighted by molar-refractivity contribution is 6.01. The maximum atomic E-state index is 13.7. The van der Waals surface area contributed by atoms with Crippen LogP contribution < -0.4 is 10.6 Å². The van der Waals surface area contributed by atoms with Crippen LogP contribution in [0.1, 0.15) is 62.3 Å². The van der Waals surface area contributed by atoms with Crippen LogP contribution in [0.2, 0.25) is 0 Å². The van der Waals surface area contributed by atoms with Gasteiger partial charge in [0.05, 0.1) is 19.6 Å². The SMILES string of the molecule is COC(=O)Cc1ccc2oc(C(=O)[C@@H](NC(=O)[C@@H]3CCCN3C(=O)[C@@H](NC(=O)OCc3ccccc3)C(C)C)C(C)C)nc2c1. The number of carbonyl (C=O) groups excluding carboxylic acids is 5. The summed E-state index contributed by atoms with van der Waals surface area (Å²) in [6.07, 6.45) is 0.316. The Hall–Kier alpha value is -4.74. The molecule has 0 saturated carbocycles. The van der Waals surface area contributed by atoms with E-state index in [1.807, 2.05) is 30.3 Å². The lowest BCUT2D eigenvalue weighted by atomic mass is 9.98. The van der Waals surface area contributed by atoms with Crippen molar-refractivity contribution in [3.63, 3.8) is 0 Å². The summed E-state index contributed by atoms with van der Waals surface area (Å²) in [5.74, 6) is -2.55. The Bertz CT molecular complexity index is 1530. The Morgan fingerprint density at radius 2 is 1.67 bits per heavy atom. The number of hydrogen-bond acceptors (Lipinski definition) is 9. The average Bonchev–Trinajstić information content (AvgIpc) is 3.68. The molecule has 2 heterocycles. The van der Waals surface area contributed by atoms with E-state index in [1.165, 1.54) is 12.0 Å². The molecule has 1 fully saturated rings. The highest BCUT2D eigenvalue weighted by atomic mass is 16.5. The van der Waals surface area contributed by atoms with Crippen molar-refractivity contribution in [3.05, 3.63) is 65.5 Å². The fourth-order valence-corrected chi connectivity index (χ4v) is 5.23. The molecule has 0 spiro atoms. The predicted octanol–water partition coefficient (Wildman–Crippen LogP) is 3.81. The van der Waals surface area contributed by atoms with Gasteiger partial charge in [0, 0.05) is 6.54 Å². The van der Waals surface area contributed by atoms with Gasteiger partial charge in [-0.15, -0.1) is 0 Å². The molecule has 2 N–H and O–H groups in total. The van der Waals surface area contributed by atoms with Crippen LogP contribution in [0, 0.1) is 11.8 Å². The Labute approximate surface area is 261 Å². The third-order valence-electron chi connectivity index (χ3n) is 7.74. The molecule has 1 saturated heterocycles. The van der Waals surface area contributed by atoms with Gasteiger partial charge in [-0.1, -0.05) is 64.1 Å². The molecule has 3 aromatic rings. The topological polar surface area (TPSA) is 157 Å². The summed E-state index contributed by atoms with van der Waals surface area (Å²) in [5, 5.41) is 5.49.